The highest BCUT2D eigenvalue weighted by molar-refractivity contribution is 5.88. The van der Waals surface area contributed by atoms with Crippen LogP contribution in [0.1, 0.15) is 19.4 Å². The Morgan fingerprint density at radius 2 is 1.77 bits per heavy atom. The predicted molar refractivity (Wildman–Crippen MR) is 102 cm³/mol. The molecular weight excluding hydrogens is 332 g/mol. The minimum atomic E-state index is -0.794. The average Bonchev–Trinajstić information content (AvgIpc) is 2.61. The summed E-state index contributed by atoms with van der Waals surface area (Å²) < 4.78 is 10.2. The topological polar surface area (TPSA) is 71.0 Å². The summed E-state index contributed by atoms with van der Waals surface area (Å²) in [6, 6.07) is 12.5. The number of aromatic hydroxyl groups is 1. The summed E-state index contributed by atoms with van der Waals surface area (Å²) in [6.07, 6.45) is 0. The first-order chi connectivity index (χ1) is 12.3. The van der Waals surface area contributed by atoms with Crippen LogP contribution in [0.4, 0.5) is 5.69 Å². The number of methoxy groups -OCH3 is 2. The maximum Gasteiger partial charge on any atom is 0.247 e. The van der Waals surface area contributed by atoms with Crippen LogP contribution >= 0.6 is 0 Å². The summed E-state index contributed by atoms with van der Waals surface area (Å²) in [6.45, 7) is 4.05. The van der Waals surface area contributed by atoms with Gasteiger partial charge in [-0.1, -0.05) is 6.07 Å². The number of likely N-dealkylation sites (N-methyl/N-ethyl adjacent to an activating group) is 1. The van der Waals surface area contributed by atoms with Crippen molar-refractivity contribution in [3.63, 3.8) is 0 Å². The van der Waals surface area contributed by atoms with Crippen LogP contribution in [0.15, 0.2) is 42.5 Å². The van der Waals surface area contributed by atoms with E-state index in [-0.39, 0.29) is 11.7 Å². The number of amides is 1. The second-order valence-corrected chi connectivity index (χ2v) is 6.65. The largest absolute Gasteiger partial charge is 0.504 e. The van der Waals surface area contributed by atoms with Gasteiger partial charge in [-0.25, -0.2) is 0 Å². The third-order valence-corrected chi connectivity index (χ3v) is 4.09. The number of nitrogens with zero attached hydrogens (tertiary/aromatic N) is 1. The molecule has 0 unspecified atom stereocenters. The molecule has 26 heavy (non-hydrogen) atoms. The minimum Gasteiger partial charge on any atom is -0.504 e. The lowest BCUT2D eigenvalue weighted by molar-refractivity contribution is -0.134. The SMILES string of the molecule is COc1ccc(NC(C)(C)C(=O)N(C)Cc2ccc(OC)c(O)c2)cc1. The lowest BCUT2D eigenvalue weighted by atomic mass is 10.0. The van der Waals surface area contributed by atoms with E-state index in [0.29, 0.717) is 12.3 Å². The first-order valence-electron chi connectivity index (χ1n) is 8.30. The fraction of sp³-hybridized carbons (Fsp3) is 0.350. The molecule has 0 fully saturated rings. The van der Waals surface area contributed by atoms with Crippen molar-refractivity contribution < 1.29 is 19.4 Å². The molecule has 0 aliphatic carbocycles. The molecule has 2 rings (SSSR count). The number of nitrogens with one attached hydrogen (secondary N) is 1. The molecule has 6 nitrogen and oxygen atoms in total. The molecule has 0 aliphatic heterocycles. The molecule has 0 saturated heterocycles. The fourth-order valence-corrected chi connectivity index (χ4v) is 2.75. The number of phenols is 1. The van der Waals surface area contributed by atoms with E-state index in [9.17, 15) is 9.90 Å². The summed E-state index contributed by atoms with van der Waals surface area (Å²) in [5.74, 6) is 1.16. The molecule has 2 N–H and O–H groups in total. The van der Waals surface area contributed by atoms with Crippen LogP contribution in [-0.2, 0) is 11.3 Å². The molecule has 2 aromatic carbocycles. The van der Waals surface area contributed by atoms with Crippen LogP contribution in [0.3, 0.4) is 0 Å². The molecule has 6 heteroatoms. The second kappa shape index (κ2) is 7.99. The lowest BCUT2D eigenvalue weighted by Crippen LogP contribution is -2.48. The Morgan fingerprint density at radius 3 is 2.31 bits per heavy atom. The van der Waals surface area contributed by atoms with Gasteiger partial charge < -0.3 is 24.8 Å². The van der Waals surface area contributed by atoms with Crippen molar-refractivity contribution in [2.45, 2.75) is 25.9 Å². The molecule has 0 aromatic heterocycles. The summed E-state index contributed by atoms with van der Waals surface area (Å²) in [4.78, 5) is 14.5. The maximum atomic E-state index is 12.9. The molecule has 1 amide bonds. The zero-order valence-corrected chi connectivity index (χ0v) is 15.9. The molecule has 140 valence electrons. The molecule has 0 saturated carbocycles. The minimum absolute atomic E-state index is 0.0569. The van der Waals surface area contributed by atoms with E-state index in [1.54, 1.807) is 31.2 Å². The van der Waals surface area contributed by atoms with Crippen molar-refractivity contribution in [2.24, 2.45) is 0 Å². The van der Waals surface area contributed by atoms with E-state index >= 15 is 0 Å². The number of carbonyl (C=O) groups excluding carboxylic acids is 1. The zero-order valence-electron chi connectivity index (χ0n) is 15.9. The standard InChI is InChI=1S/C20H26N2O4/c1-20(2,21-15-7-9-16(25-4)10-8-15)19(24)22(3)13-14-6-11-18(26-5)17(23)12-14/h6-12,21,23H,13H2,1-5H3. The van der Waals surface area contributed by atoms with Crippen LogP contribution in [0, 0.1) is 0 Å². The molecule has 0 spiro atoms. The van der Waals surface area contributed by atoms with Crippen LogP contribution < -0.4 is 14.8 Å². The van der Waals surface area contributed by atoms with E-state index < -0.39 is 5.54 Å². The first-order valence-corrected chi connectivity index (χ1v) is 8.30. The van der Waals surface area contributed by atoms with E-state index in [0.717, 1.165) is 17.0 Å². The number of carbonyl (C=O) groups is 1. The Kier molecular flexibility index (Phi) is 5.97. The van der Waals surface area contributed by atoms with Crippen LogP contribution in [0.2, 0.25) is 0 Å². The van der Waals surface area contributed by atoms with Crippen molar-refractivity contribution in [3.05, 3.63) is 48.0 Å². The molecule has 0 heterocycles. The van der Waals surface area contributed by atoms with Crippen LogP contribution in [0.5, 0.6) is 17.2 Å². The van der Waals surface area contributed by atoms with Crippen molar-refractivity contribution >= 4 is 11.6 Å². The molecular formula is C20H26N2O4. The molecule has 0 radical (unpaired) electrons. The first kappa shape index (κ1) is 19.4. The number of anilines is 1. The zero-order chi connectivity index (χ0) is 19.3. The average molecular weight is 358 g/mol. The smallest absolute Gasteiger partial charge is 0.247 e. The van der Waals surface area contributed by atoms with Gasteiger partial charge in [-0.2, -0.15) is 0 Å². The van der Waals surface area contributed by atoms with Gasteiger partial charge in [-0.05, 0) is 55.8 Å². The van der Waals surface area contributed by atoms with Gasteiger partial charge in [0.1, 0.15) is 11.3 Å². The quantitative estimate of drug-likeness (QED) is 0.795. The third kappa shape index (κ3) is 4.59. The molecule has 0 bridgehead atoms. The molecule has 0 atom stereocenters. The summed E-state index contributed by atoms with van der Waals surface area (Å²) >= 11 is 0. The number of hydrogen-bond donors (Lipinski definition) is 2. The van der Waals surface area contributed by atoms with Gasteiger partial charge in [0.05, 0.1) is 14.2 Å². The number of phenolic OH excluding ortho intramolecular Hbond substituents is 1. The summed E-state index contributed by atoms with van der Waals surface area (Å²) in [5, 5.41) is 13.1. The lowest BCUT2D eigenvalue weighted by Gasteiger charge is -2.31. The highest BCUT2D eigenvalue weighted by Crippen LogP contribution is 2.27. The number of hydrogen-bond acceptors (Lipinski definition) is 5. The monoisotopic (exact) mass is 358 g/mol. The van der Waals surface area contributed by atoms with Gasteiger partial charge in [0, 0.05) is 19.3 Å². The van der Waals surface area contributed by atoms with Gasteiger partial charge >= 0.3 is 0 Å². The molecule has 2 aromatic rings. The normalized spacial score (nSPS) is 11.0. The van der Waals surface area contributed by atoms with Crippen molar-refractivity contribution in [3.8, 4) is 17.2 Å². The van der Waals surface area contributed by atoms with Crippen molar-refractivity contribution in [1.29, 1.82) is 0 Å². The predicted octanol–water partition coefficient (Wildman–Crippen LogP) is 3.26. The van der Waals surface area contributed by atoms with Crippen molar-refractivity contribution in [1.82, 2.24) is 4.90 Å². The Bertz CT molecular complexity index is 757. The highest BCUT2D eigenvalue weighted by atomic mass is 16.5. The van der Waals surface area contributed by atoms with Gasteiger partial charge in [-0.3, -0.25) is 4.79 Å². The Labute approximate surface area is 154 Å². The fourth-order valence-electron chi connectivity index (χ4n) is 2.75. The van der Waals surface area contributed by atoms with Gasteiger partial charge in [0.2, 0.25) is 5.91 Å². The van der Waals surface area contributed by atoms with Crippen LogP contribution in [-0.4, -0.2) is 42.7 Å². The maximum absolute atomic E-state index is 12.9. The summed E-state index contributed by atoms with van der Waals surface area (Å²) in [5.41, 5.74) is 0.858. The Hall–Kier alpha value is -2.89. The number of rotatable bonds is 7. The van der Waals surface area contributed by atoms with Crippen LogP contribution in [0.25, 0.3) is 0 Å². The second-order valence-electron chi connectivity index (χ2n) is 6.65. The third-order valence-electron chi connectivity index (χ3n) is 4.09. The number of ether oxygens (including phenoxy) is 2. The van der Waals surface area contributed by atoms with Gasteiger partial charge in [0.15, 0.2) is 11.5 Å². The van der Waals surface area contributed by atoms with E-state index in [4.69, 9.17) is 9.47 Å². The van der Waals surface area contributed by atoms with E-state index in [1.165, 1.54) is 7.11 Å². The van der Waals surface area contributed by atoms with Crippen molar-refractivity contribution in [2.75, 3.05) is 26.6 Å². The van der Waals surface area contributed by atoms with Gasteiger partial charge in [-0.15, -0.1) is 0 Å². The Balaban J connectivity index is 2.05. The van der Waals surface area contributed by atoms with Gasteiger partial charge in [0.25, 0.3) is 0 Å². The van der Waals surface area contributed by atoms with E-state index in [2.05, 4.69) is 5.32 Å². The highest BCUT2D eigenvalue weighted by Gasteiger charge is 2.30. The summed E-state index contributed by atoms with van der Waals surface area (Å²) in [7, 11) is 4.85. The Morgan fingerprint density at radius 1 is 1.12 bits per heavy atom. The van der Waals surface area contributed by atoms with E-state index in [1.807, 2.05) is 44.2 Å². The number of benzene rings is 2. The molecule has 0 aliphatic rings.